The van der Waals surface area contributed by atoms with Crippen molar-refractivity contribution < 1.29 is 4.74 Å². The van der Waals surface area contributed by atoms with E-state index in [1.165, 1.54) is 12.0 Å². The number of aromatic nitrogens is 2. The number of likely N-dealkylation sites (tertiary alicyclic amines) is 1. The van der Waals surface area contributed by atoms with Crippen LogP contribution in [0.5, 0.6) is 5.75 Å². The Kier molecular flexibility index (Phi) is 4.48. The molecule has 4 heteroatoms. The van der Waals surface area contributed by atoms with E-state index in [9.17, 15) is 0 Å². The average molecular weight is 299 g/mol. The van der Waals surface area contributed by atoms with Crippen LogP contribution >= 0.6 is 0 Å². The number of nitrogens with zero attached hydrogens (tertiary/aromatic N) is 3. The highest BCUT2D eigenvalue weighted by Crippen LogP contribution is 2.33. The lowest BCUT2D eigenvalue weighted by atomic mass is 9.82. The van der Waals surface area contributed by atoms with Crippen molar-refractivity contribution in [1.29, 1.82) is 0 Å². The molecule has 4 nitrogen and oxygen atoms in total. The number of benzene rings is 1. The van der Waals surface area contributed by atoms with Crippen molar-refractivity contribution in [3.63, 3.8) is 0 Å². The second-order valence-electron chi connectivity index (χ2n) is 6.36. The third-order valence-corrected chi connectivity index (χ3v) is 4.74. The highest BCUT2D eigenvalue weighted by atomic mass is 16.5. The number of hydrogen-bond acceptors (Lipinski definition) is 3. The Morgan fingerprint density at radius 2 is 2.00 bits per heavy atom. The molecule has 1 aliphatic heterocycles. The van der Waals surface area contributed by atoms with Gasteiger partial charge in [0.05, 0.1) is 12.8 Å². The van der Waals surface area contributed by atoms with Gasteiger partial charge in [-0.2, -0.15) is 5.10 Å². The van der Waals surface area contributed by atoms with Gasteiger partial charge < -0.3 is 4.74 Å². The molecule has 1 aliphatic rings. The third-order valence-electron chi connectivity index (χ3n) is 4.74. The Balaban J connectivity index is 1.69. The quantitative estimate of drug-likeness (QED) is 0.869. The van der Waals surface area contributed by atoms with Crippen molar-refractivity contribution in [2.24, 2.45) is 13.0 Å². The number of aryl methyl sites for hydroxylation is 1. The fraction of sp³-hybridized carbons (Fsp3) is 0.500. The summed E-state index contributed by atoms with van der Waals surface area (Å²) in [7, 11) is 3.69. The minimum absolute atomic E-state index is 0.586. The number of ether oxygens (including phenoxy) is 1. The predicted molar refractivity (Wildman–Crippen MR) is 88.0 cm³/mol. The van der Waals surface area contributed by atoms with Crippen LogP contribution in [0.2, 0.25) is 0 Å². The number of rotatable bonds is 4. The molecule has 1 aromatic carbocycles. The Morgan fingerprint density at radius 1 is 1.23 bits per heavy atom. The van der Waals surface area contributed by atoms with Crippen molar-refractivity contribution >= 4 is 0 Å². The normalized spacial score (nSPS) is 22.7. The van der Waals surface area contributed by atoms with Crippen LogP contribution < -0.4 is 4.74 Å². The van der Waals surface area contributed by atoms with E-state index in [4.69, 9.17) is 4.74 Å². The van der Waals surface area contributed by atoms with Crippen LogP contribution in [0.3, 0.4) is 0 Å². The van der Waals surface area contributed by atoms with Gasteiger partial charge in [0.1, 0.15) is 5.75 Å². The van der Waals surface area contributed by atoms with E-state index in [1.54, 1.807) is 7.11 Å². The van der Waals surface area contributed by atoms with Gasteiger partial charge in [-0.25, -0.2) is 0 Å². The van der Waals surface area contributed by atoms with Crippen LogP contribution in [0, 0.1) is 5.92 Å². The summed E-state index contributed by atoms with van der Waals surface area (Å²) < 4.78 is 7.14. The van der Waals surface area contributed by atoms with Gasteiger partial charge in [-0.1, -0.05) is 19.1 Å². The molecule has 0 bridgehead atoms. The second-order valence-corrected chi connectivity index (χ2v) is 6.36. The first-order chi connectivity index (χ1) is 10.7. The molecule has 2 atom stereocenters. The smallest absolute Gasteiger partial charge is 0.118 e. The summed E-state index contributed by atoms with van der Waals surface area (Å²) in [6, 6.07) is 10.7. The first kappa shape index (κ1) is 15.1. The summed E-state index contributed by atoms with van der Waals surface area (Å²) in [6.07, 6.45) is 3.26. The largest absolute Gasteiger partial charge is 0.497 e. The van der Waals surface area contributed by atoms with Gasteiger partial charge >= 0.3 is 0 Å². The standard InChI is InChI=1S/C18H25N3O/c1-14-8-11-21(12-16-9-10-20(2)19-16)13-18(14)15-4-6-17(22-3)7-5-15/h4-7,9-10,14,18H,8,11-13H2,1-3H3. The molecule has 1 saturated heterocycles. The Morgan fingerprint density at radius 3 is 2.64 bits per heavy atom. The second kappa shape index (κ2) is 6.53. The van der Waals surface area contributed by atoms with Crippen molar-refractivity contribution in [3.05, 3.63) is 47.8 Å². The topological polar surface area (TPSA) is 30.3 Å². The average Bonchev–Trinajstić information content (AvgIpc) is 2.94. The monoisotopic (exact) mass is 299 g/mol. The van der Waals surface area contributed by atoms with Crippen LogP contribution in [0.15, 0.2) is 36.5 Å². The molecule has 118 valence electrons. The lowest BCUT2D eigenvalue weighted by Crippen LogP contribution is -2.38. The SMILES string of the molecule is COc1ccc(C2CN(Cc3ccn(C)n3)CCC2C)cc1. The first-order valence-corrected chi connectivity index (χ1v) is 8.00. The summed E-state index contributed by atoms with van der Waals surface area (Å²) in [4.78, 5) is 2.53. The van der Waals surface area contributed by atoms with Crippen LogP contribution in [0.1, 0.15) is 30.5 Å². The van der Waals surface area contributed by atoms with Gasteiger partial charge in [0.15, 0.2) is 0 Å². The Labute approximate surface area is 132 Å². The van der Waals surface area contributed by atoms with Crippen molar-refractivity contribution in [2.45, 2.75) is 25.8 Å². The molecular weight excluding hydrogens is 274 g/mol. The molecule has 22 heavy (non-hydrogen) atoms. The van der Waals surface area contributed by atoms with Crippen LogP contribution in [0.4, 0.5) is 0 Å². The molecule has 3 rings (SSSR count). The highest BCUT2D eigenvalue weighted by Gasteiger charge is 2.27. The maximum absolute atomic E-state index is 5.26. The zero-order chi connectivity index (χ0) is 15.5. The highest BCUT2D eigenvalue weighted by molar-refractivity contribution is 5.30. The van der Waals surface area contributed by atoms with E-state index in [0.717, 1.165) is 31.1 Å². The third kappa shape index (κ3) is 3.33. The van der Waals surface area contributed by atoms with Gasteiger partial charge in [-0.3, -0.25) is 9.58 Å². The zero-order valence-electron chi connectivity index (χ0n) is 13.7. The molecular formula is C18H25N3O. The minimum Gasteiger partial charge on any atom is -0.497 e. The zero-order valence-corrected chi connectivity index (χ0v) is 13.7. The Hall–Kier alpha value is -1.81. The molecule has 1 aromatic heterocycles. The fourth-order valence-corrected chi connectivity index (χ4v) is 3.34. The van der Waals surface area contributed by atoms with E-state index >= 15 is 0 Å². The summed E-state index contributed by atoms with van der Waals surface area (Å²) in [5.74, 6) is 2.23. The molecule has 0 N–H and O–H groups in total. The minimum atomic E-state index is 0.586. The maximum atomic E-state index is 5.26. The number of hydrogen-bond donors (Lipinski definition) is 0. The molecule has 2 unspecified atom stereocenters. The summed E-state index contributed by atoms with van der Waals surface area (Å²) in [6.45, 7) is 5.57. The fourth-order valence-electron chi connectivity index (χ4n) is 3.34. The molecule has 1 fully saturated rings. The lowest BCUT2D eigenvalue weighted by molar-refractivity contribution is 0.158. The number of piperidine rings is 1. The molecule has 0 spiro atoms. The molecule has 2 heterocycles. The van der Waals surface area contributed by atoms with E-state index in [0.29, 0.717) is 11.8 Å². The van der Waals surface area contributed by atoms with E-state index in [-0.39, 0.29) is 0 Å². The van der Waals surface area contributed by atoms with Crippen molar-refractivity contribution in [3.8, 4) is 5.75 Å². The molecule has 0 amide bonds. The van der Waals surface area contributed by atoms with Crippen molar-refractivity contribution in [2.75, 3.05) is 20.2 Å². The first-order valence-electron chi connectivity index (χ1n) is 8.00. The predicted octanol–water partition coefficient (Wildman–Crippen LogP) is 3.05. The molecule has 0 aliphatic carbocycles. The molecule has 0 radical (unpaired) electrons. The molecule has 2 aromatic rings. The maximum Gasteiger partial charge on any atom is 0.118 e. The Bertz CT molecular complexity index is 605. The van der Waals surface area contributed by atoms with Crippen LogP contribution in [0.25, 0.3) is 0 Å². The summed E-state index contributed by atoms with van der Waals surface area (Å²) >= 11 is 0. The summed E-state index contributed by atoms with van der Waals surface area (Å²) in [5.41, 5.74) is 2.57. The van der Waals surface area contributed by atoms with Crippen LogP contribution in [-0.4, -0.2) is 34.9 Å². The van der Waals surface area contributed by atoms with E-state index in [2.05, 4.69) is 47.3 Å². The van der Waals surface area contributed by atoms with Gasteiger partial charge in [0.25, 0.3) is 0 Å². The van der Waals surface area contributed by atoms with Gasteiger partial charge in [0, 0.05) is 26.3 Å². The lowest BCUT2D eigenvalue weighted by Gasteiger charge is -2.37. The van der Waals surface area contributed by atoms with E-state index in [1.807, 2.05) is 17.9 Å². The van der Waals surface area contributed by atoms with E-state index < -0.39 is 0 Å². The molecule has 0 saturated carbocycles. The van der Waals surface area contributed by atoms with Crippen molar-refractivity contribution in [1.82, 2.24) is 14.7 Å². The summed E-state index contributed by atoms with van der Waals surface area (Å²) in [5, 5.41) is 4.50. The van der Waals surface area contributed by atoms with Gasteiger partial charge in [-0.05, 0) is 48.6 Å². The van der Waals surface area contributed by atoms with Gasteiger partial charge in [0.2, 0.25) is 0 Å². The van der Waals surface area contributed by atoms with Gasteiger partial charge in [-0.15, -0.1) is 0 Å². The number of methoxy groups -OCH3 is 1. The van der Waals surface area contributed by atoms with Crippen LogP contribution in [-0.2, 0) is 13.6 Å².